The van der Waals surface area contributed by atoms with E-state index in [2.05, 4.69) is 5.32 Å². The fourth-order valence-electron chi connectivity index (χ4n) is 2.70. The van der Waals surface area contributed by atoms with E-state index in [4.69, 9.17) is 0 Å². The van der Waals surface area contributed by atoms with Crippen LogP contribution in [0.25, 0.3) is 0 Å². The summed E-state index contributed by atoms with van der Waals surface area (Å²) in [5.41, 5.74) is 0. The number of alkyl halides is 3. The van der Waals surface area contributed by atoms with Crippen molar-refractivity contribution in [1.29, 1.82) is 0 Å². The molecule has 1 fully saturated rings. The SMILES string of the molecule is CC(CCCC(F)(F)F)NC1CCCCC1CO. The Morgan fingerprint density at radius 3 is 2.56 bits per heavy atom. The van der Waals surface area contributed by atoms with E-state index in [1.807, 2.05) is 6.92 Å². The second-order valence-electron chi connectivity index (χ2n) is 5.41. The van der Waals surface area contributed by atoms with Gasteiger partial charge in [-0.15, -0.1) is 0 Å². The smallest absolute Gasteiger partial charge is 0.389 e. The third kappa shape index (κ3) is 6.05. The predicted molar refractivity (Wildman–Crippen MR) is 65.3 cm³/mol. The van der Waals surface area contributed by atoms with Gasteiger partial charge in [-0.3, -0.25) is 0 Å². The van der Waals surface area contributed by atoms with Crippen molar-refractivity contribution >= 4 is 0 Å². The Labute approximate surface area is 107 Å². The van der Waals surface area contributed by atoms with Gasteiger partial charge >= 0.3 is 6.18 Å². The molecular formula is C13H24F3NO. The first-order chi connectivity index (χ1) is 8.42. The summed E-state index contributed by atoms with van der Waals surface area (Å²) in [6.45, 7) is 2.10. The molecule has 0 aromatic carbocycles. The quantitative estimate of drug-likeness (QED) is 0.774. The van der Waals surface area contributed by atoms with Gasteiger partial charge in [0.25, 0.3) is 0 Å². The monoisotopic (exact) mass is 267 g/mol. The van der Waals surface area contributed by atoms with Gasteiger partial charge in [-0.2, -0.15) is 13.2 Å². The Morgan fingerprint density at radius 2 is 1.94 bits per heavy atom. The van der Waals surface area contributed by atoms with Gasteiger partial charge in [0, 0.05) is 25.1 Å². The van der Waals surface area contributed by atoms with Crippen LogP contribution in [0.3, 0.4) is 0 Å². The van der Waals surface area contributed by atoms with Crippen LogP contribution in [0.15, 0.2) is 0 Å². The standard InChI is InChI=1S/C13H24F3NO/c1-10(5-4-8-13(14,15)16)17-12-7-3-2-6-11(12)9-18/h10-12,17-18H,2-9H2,1H3. The predicted octanol–water partition coefficient (Wildman–Crippen LogP) is 3.25. The van der Waals surface area contributed by atoms with E-state index in [-0.39, 0.29) is 31.0 Å². The zero-order valence-corrected chi connectivity index (χ0v) is 11.0. The van der Waals surface area contributed by atoms with Crippen molar-refractivity contribution in [3.63, 3.8) is 0 Å². The zero-order chi connectivity index (χ0) is 13.6. The molecule has 3 unspecified atom stereocenters. The Bertz CT molecular complexity index is 233. The molecule has 0 aliphatic heterocycles. The number of hydrogen-bond acceptors (Lipinski definition) is 2. The summed E-state index contributed by atoms with van der Waals surface area (Å²) in [7, 11) is 0. The number of hydrogen-bond donors (Lipinski definition) is 2. The van der Waals surface area contributed by atoms with Gasteiger partial charge < -0.3 is 10.4 Å². The highest BCUT2D eigenvalue weighted by Crippen LogP contribution is 2.26. The number of nitrogens with one attached hydrogen (secondary N) is 1. The minimum Gasteiger partial charge on any atom is -0.396 e. The van der Waals surface area contributed by atoms with Crippen LogP contribution in [-0.2, 0) is 0 Å². The summed E-state index contributed by atoms with van der Waals surface area (Å²) in [6, 6.07) is 0.356. The van der Waals surface area contributed by atoms with Gasteiger partial charge in [-0.05, 0) is 38.5 Å². The maximum absolute atomic E-state index is 12.0. The molecule has 0 aromatic rings. The van der Waals surface area contributed by atoms with Gasteiger partial charge in [0.05, 0.1) is 0 Å². The highest BCUT2D eigenvalue weighted by Gasteiger charge is 2.28. The number of rotatable bonds is 6. The van der Waals surface area contributed by atoms with Crippen molar-refractivity contribution in [1.82, 2.24) is 5.32 Å². The Hall–Kier alpha value is -0.290. The molecule has 0 aromatic heterocycles. The summed E-state index contributed by atoms with van der Waals surface area (Å²) in [5.74, 6) is 0.267. The third-order valence-electron chi connectivity index (χ3n) is 3.74. The molecule has 2 nitrogen and oxygen atoms in total. The molecule has 0 radical (unpaired) electrons. The van der Waals surface area contributed by atoms with E-state index in [1.165, 1.54) is 0 Å². The van der Waals surface area contributed by atoms with Gasteiger partial charge in [0.2, 0.25) is 0 Å². The fourth-order valence-corrected chi connectivity index (χ4v) is 2.70. The van der Waals surface area contributed by atoms with Crippen LogP contribution in [0, 0.1) is 5.92 Å². The molecule has 18 heavy (non-hydrogen) atoms. The van der Waals surface area contributed by atoms with E-state index in [1.54, 1.807) is 0 Å². The summed E-state index contributed by atoms with van der Waals surface area (Å²) in [6.07, 6.45) is 0.293. The molecule has 0 bridgehead atoms. The van der Waals surface area contributed by atoms with Crippen molar-refractivity contribution in [2.24, 2.45) is 5.92 Å². The molecular weight excluding hydrogens is 243 g/mol. The van der Waals surface area contributed by atoms with Crippen LogP contribution in [0.2, 0.25) is 0 Å². The molecule has 108 valence electrons. The molecule has 1 aliphatic rings. The first kappa shape index (κ1) is 15.8. The average Bonchev–Trinajstić information content (AvgIpc) is 2.28. The van der Waals surface area contributed by atoms with E-state index >= 15 is 0 Å². The minimum absolute atomic E-state index is 0.0875. The number of halogens is 3. The second kappa shape index (κ2) is 7.34. The van der Waals surface area contributed by atoms with Crippen molar-refractivity contribution in [3.8, 4) is 0 Å². The average molecular weight is 267 g/mol. The molecule has 0 heterocycles. The fraction of sp³-hybridized carbons (Fsp3) is 1.00. The van der Waals surface area contributed by atoms with Crippen molar-refractivity contribution in [2.45, 2.75) is 70.1 Å². The lowest BCUT2D eigenvalue weighted by Gasteiger charge is -2.33. The molecule has 1 aliphatic carbocycles. The van der Waals surface area contributed by atoms with Crippen LogP contribution in [0.4, 0.5) is 13.2 Å². The zero-order valence-electron chi connectivity index (χ0n) is 11.0. The molecule has 1 rings (SSSR count). The largest absolute Gasteiger partial charge is 0.396 e. The van der Waals surface area contributed by atoms with Gasteiger partial charge in [0.15, 0.2) is 0 Å². The molecule has 0 saturated heterocycles. The highest BCUT2D eigenvalue weighted by molar-refractivity contribution is 4.82. The van der Waals surface area contributed by atoms with E-state index in [9.17, 15) is 18.3 Å². The second-order valence-corrected chi connectivity index (χ2v) is 5.41. The number of aliphatic hydroxyl groups excluding tert-OH is 1. The van der Waals surface area contributed by atoms with Crippen LogP contribution in [0.5, 0.6) is 0 Å². The summed E-state index contributed by atoms with van der Waals surface area (Å²) in [4.78, 5) is 0. The lowest BCUT2D eigenvalue weighted by molar-refractivity contribution is -0.135. The first-order valence-corrected chi connectivity index (χ1v) is 6.86. The maximum atomic E-state index is 12.0. The van der Waals surface area contributed by atoms with Crippen LogP contribution in [-0.4, -0.2) is 30.0 Å². The molecule has 2 N–H and O–H groups in total. The highest BCUT2D eigenvalue weighted by atomic mass is 19.4. The van der Waals surface area contributed by atoms with Gasteiger partial charge in [0.1, 0.15) is 0 Å². The third-order valence-corrected chi connectivity index (χ3v) is 3.74. The minimum atomic E-state index is -4.04. The van der Waals surface area contributed by atoms with Crippen LogP contribution >= 0.6 is 0 Å². The van der Waals surface area contributed by atoms with Crippen LogP contribution in [0.1, 0.15) is 51.9 Å². The van der Waals surface area contributed by atoms with E-state index in [0.717, 1.165) is 25.7 Å². The van der Waals surface area contributed by atoms with Gasteiger partial charge in [-0.25, -0.2) is 0 Å². The maximum Gasteiger partial charge on any atom is 0.389 e. The van der Waals surface area contributed by atoms with E-state index in [0.29, 0.717) is 6.42 Å². The number of aliphatic hydroxyl groups is 1. The molecule has 5 heteroatoms. The van der Waals surface area contributed by atoms with Crippen molar-refractivity contribution in [2.75, 3.05) is 6.61 Å². The summed E-state index contributed by atoms with van der Waals surface area (Å²) < 4.78 is 36.1. The Kier molecular flexibility index (Phi) is 6.43. The van der Waals surface area contributed by atoms with Crippen LogP contribution < -0.4 is 5.32 Å². The molecule has 0 spiro atoms. The normalized spacial score (nSPS) is 27.2. The van der Waals surface area contributed by atoms with Crippen molar-refractivity contribution in [3.05, 3.63) is 0 Å². The lowest BCUT2D eigenvalue weighted by Crippen LogP contribution is -2.44. The molecule has 1 saturated carbocycles. The molecule has 0 amide bonds. The summed E-state index contributed by atoms with van der Waals surface area (Å²) in [5, 5.41) is 12.6. The van der Waals surface area contributed by atoms with Gasteiger partial charge in [-0.1, -0.05) is 12.8 Å². The van der Waals surface area contributed by atoms with E-state index < -0.39 is 12.6 Å². The summed E-state index contributed by atoms with van der Waals surface area (Å²) >= 11 is 0. The lowest BCUT2D eigenvalue weighted by atomic mass is 9.84. The van der Waals surface area contributed by atoms with Crippen molar-refractivity contribution < 1.29 is 18.3 Å². The Balaban J connectivity index is 2.23. The Morgan fingerprint density at radius 1 is 1.28 bits per heavy atom. The molecule has 3 atom stereocenters. The first-order valence-electron chi connectivity index (χ1n) is 6.86. The topological polar surface area (TPSA) is 32.3 Å².